The van der Waals surface area contributed by atoms with E-state index in [1.807, 2.05) is 29.2 Å². The van der Waals surface area contributed by atoms with Gasteiger partial charge < -0.3 is 25.2 Å². The van der Waals surface area contributed by atoms with Gasteiger partial charge in [0.2, 0.25) is 5.91 Å². The zero-order chi connectivity index (χ0) is 23.2. The molecule has 0 spiro atoms. The number of carbonyl (C=O) groups is 3. The van der Waals surface area contributed by atoms with E-state index in [0.29, 0.717) is 31.1 Å². The molecule has 0 saturated carbocycles. The Balaban J connectivity index is 0.000000423. The van der Waals surface area contributed by atoms with Crippen molar-refractivity contribution >= 4 is 29.2 Å². The third-order valence-corrected chi connectivity index (χ3v) is 4.08. The number of nitrogens with one attached hydrogen (secondary N) is 1. The number of carbonyl (C=O) groups excluding carboxylic acids is 1. The van der Waals surface area contributed by atoms with E-state index < -0.39 is 18.1 Å². The molecular formula is C20H19F3N2O6. The molecule has 0 bridgehead atoms. The second-order valence-electron chi connectivity index (χ2n) is 6.40. The lowest BCUT2D eigenvalue weighted by Crippen LogP contribution is -2.27. The van der Waals surface area contributed by atoms with E-state index in [0.717, 1.165) is 11.3 Å². The molecule has 0 radical (unpaired) electrons. The van der Waals surface area contributed by atoms with Crippen molar-refractivity contribution in [1.29, 1.82) is 0 Å². The predicted octanol–water partition coefficient (Wildman–Crippen LogP) is 3.38. The molecule has 166 valence electrons. The molecule has 3 N–H and O–H groups in total. The maximum atomic E-state index is 11.7. The van der Waals surface area contributed by atoms with Gasteiger partial charge in [-0.15, -0.1) is 0 Å². The maximum Gasteiger partial charge on any atom is 0.490 e. The van der Waals surface area contributed by atoms with Crippen molar-refractivity contribution in [2.24, 2.45) is 0 Å². The summed E-state index contributed by atoms with van der Waals surface area (Å²) in [4.78, 5) is 33.7. The monoisotopic (exact) mass is 440 g/mol. The van der Waals surface area contributed by atoms with Crippen LogP contribution in [0.1, 0.15) is 22.8 Å². The first kappa shape index (κ1) is 23.5. The standard InChI is InChI=1S/C18H18N2O4.C2HF3O2/c1-12(21)19-14-6-7-16(15(10-14)18(22)23)20-8-9-24-17-5-3-2-4-13(17)11-20;3-2(4,5)1(6)7/h2-7,10H,8-9,11H2,1H3,(H,19,21)(H,22,23);(H,6,7). The first-order valence-corrected chi connectivity index (χ1v) is 8.89. The van der Waals surface area contributed by atoms with Crippen LogP contribution in [-0.2, 0) is 16.1 Å². The molecular weight excluding hydrogens is 421 g/mol. The molecule has 2 aromatic carbocycles. The summed E-state index contributed by atoms with van der Waals surface area (Å²) >= 11 is 0. The summed E-state index contributed by atoms with van der Waals surface area (Å²) < 4.78 is 37.5. The van der Waals surface area contributed by atoms with Crippen molar-refractivity contribution < 1.29 is 42.5 Å². The lowest BCUT2D eigenvalue weighted by molar-refractivity contribution is -0.192. The molecule has 1 heterocycles. The summed E-state index contributed by atoms with van der Waals surface area (Å²) in [7, 11) is 0. The van der Waals surface area contributed by atoms with Crippen molar-refractivity contribution in [1.82, 2.24) is 0 Å². The number of anilines is 2. The van der Waals surface area contributed by atoms with Crippen LogP contribution in [0.5, 0.6) is 5.75 Å². The first-order valence-electron chi connectivity index (χ1n) is 8.89. The highest BCUT2D eigenvalue weighted by Gasteiger charge is 2.38. The zero-order valence-corrected chi connectivity index (χ0v) is 16.3. The van der Waals surface area contributed by atoms with Crippen molar-refractivity contribution in [3.8, 4) is 5.75 Å². The number of aromatic carboxylic acids is 1. The number of hydrogen-bond acceptors (Lipinski definition) is 5. The summed E-state index contributed by atoms with van der Waals surface area (Å²) in [6.45, 7) is 3.01. The zero-order valence-electron chi connectivity index (χ0n) is 16.3. The maximum absolute atomic E-state index is 11.7. The highest BCUT2D eigenvalue weighted by atomic mass is 19.4. The van der Waals surface area contributed by atoms with Gasteiger partial charge in [-0.2, -0.15) is 13.2 Å². The topological polar surface area (TPSA) is 116 Å². The fourth-order valence-electron chi connectivity index (χ4n) is 2.80. The summed E-state index contributed by atoms with van der Waals surface area (Å²) in [6.07, 6.45) is -5.08. The summed E-state index contributed by atoms with van der Waals surface area (Å²) in [6, 6.07) is 12.7. The minimum Gasteiger partial charge on any atom is -0.491 e. The molecule has 3 rings (SSSR count). The van der Waals surface area contributed by atoms with Crippen LogP contribution in [0.4, 0.5) is 24.5 Å². The fraction of sp³-hybridized carbons (Fsp3) is 0.250. The van der Waals surface area contributed by atoms with Gasteiger partial charge in [0.15, 0.2) is 0 Å². The number of ether oxygens (including phenoxy) is 1. The fourth-order valence-corrected chi connectivity index (χ4v) is 2.80. The number of halogens is 3. The van der Waals surface area contributed by atoms with E-state index >= 15 is 0 Å². The Morgan fingerprint density at radius 3 is 2.32 bits per heavy atom. The van der Waals surface area contributed by atoms with E-state index in [1.165, 1.54) is 13.0 Å². The Morgan fingerprint density at radius 2 is 1.74 bits per heavy atom. The number of nitrogens with zero attached hydrogens (tertiary/aromatic N) is 1. The van der Waals surface area contributed by atoms with Gasteiger partial charge in [0, 0.05) is 24.7 Å². The van der Waals surface area contributed by atoms with E-state index in [2.05, 4.69) is 5.32 Å². The van der Waals surface area contributed by atoms with Crippen LogP contribution in [0.25, 0.3) is 0 Å². The molecule has 1 aliphatic heterocycles. The van der Waals surface area contributed by atoms with Crippen LogP contribution in [0.3, 0.4) is 0 Å². The van der Waals surface area contributed by atoms with Crippen molar-refractivity contribution in [2.45, 2.75) is 19.6 Å². The molecule has 2 aromatic rings. The molecule has 8 nitrogen and oxygen atoms in total. The summed E-state index contributed by atoms with van der Waals surface area (Å²) in [5.74, 6) is -3.20. The predicted molar refractivity (Wildman–Crippen MR) is 104 cm³/mol. The van der Waals surface area contributed by atoms with E-state index in [9.17, 15) is 27.9 Å². The Hall–Kier alpha value is -3.76. The van der Waals surface area contributed by atoms with Gasteiger partial charge in [0.1, 0.15) is 12.4 Å². The van der Waals surface area contributed by atoms with Gasteiger partial charge in [-0.1, -0.05) is 18.2 Å². The first-order chi connectivity index (χ1) is 14.5. The molecule has 0 fully saturated rings. The summed E-state index contributed by atoms with van der Waals surface area (Å²) in [5, 5.41) is 19.3. The lowest BCUT2D eigenvalue weighted by atomic mass is 10.1. The van der Waals surface area contributed by atoms with E-state index in [1.54, 1.807) is 12.1 Å². The van der Waals surface area contributed by atoms with E-state index in [4.69, 9.17) is 14.6 Å². The molecule has 11 heteroatoms. The quantitative estimate of drug-likeness (QED) is 0.670. The molecule has 31 heavy (non-hydrogen) atoms. The molecule has 0 atom stereocenters. The molecule has 0 unspecified atom stereocenters. The summed E-state index contributed by atoms with van der Waals surface area (Å²) in [5.41, 5.74) is 2.24. The van der Waals surface area contributed by atoms with Crippen LogP contribution in [0.15, 0.2) is 42.5 Å². The van der Waals surface area contributed by atoms with Gasteiger partial charge >= 0.3 is 18.1 Å². The smallest absolute Gasteiger partial charge is 0.490 e. The molecule has 1 aliphatic rings. The van der Waals surface area contributed by atoms with E-state index in [-0.39, 0.29) is 11.5 Å². The molecule has 1 amide bonds. The highest BCUT2D eigenvalue weighted by Crippen LogP contribution is 2.30. The Morgan fingerprint density at radius 1 is 1.10 bits per heavy atom. The Kier molecular flexibility index (Phi) is 7.46. The normalized spacial score (nSPS) is 13.0. The molecule has 0 saturated heterocycles. The highest BCUT2D eigenvalue weighted by molar-refractivity contribution is 5.97. The van der Waals surface area contributed by atoms with Gasteiger partial charge in [0.05, 0.1) is 17.8 Å². The number of hydrogen-bond donors (Lipinski definition) is 3. The molecule has 0 aliphatic carbocycles. The van der Waals surface area contributed by atoms with Gasteiger partial charge in [-0.25, -0.2) is 9.59 Å². The van der Waals surface area contributed by atoms with Crippen molar-refractivity contribution in [3.63, 3.8) is 0 Å². The number of carboxylic acids is 2. The van der Waals surface area contributed by atoms with Crippen LogP contribution in [0.2, 0.25) is 0 Å². The third kappa shape index (κ3) is 6.63. The van der Waals surface area contributed by atoms with Crippen LogP contribution >= 0.6 is 0 Å². The minimum absolute atomic E-state index is 0.153. The number of rotatable bonds is 3. The largest absolute Gasteiger partial charge is 0.491 e. The Bertz CT molecular complexity index is 978. The van der Waals surface area contributed by atoms with Crippen LogP contribution in [-0.4, -0.2) is 47.4 Å². The van der Waals surface area contributed by atoms with Gasteiger partial charge in [-0.3, -0.25) is 4.79 Å². The number of carboxylic acid groups (broad SMARTS) is 2. The van der Waals surface area contributed by atoms with Crippen molar-refractivity contribution in [2.75, 3.05) is 23.4 Å². The Labute approximate surface area is 174 Å². The number of aliphatic carboxylic acids is 1. The van der Waals surface area contributed by atoms with Crippen LogP contribution < -0.4 is 15.0 Å². The SMILES string of the molecule is CC(=O)Nc1ccc(N2CCOc3ccccc3C2)c(C(=O)O)c1.O=C(O)C(F)(F)F. The average molecular weight is 440 g/mol. The van der Waals surface area contributed by atoms with Gasteiger partial charge in [-0.05, 0) is 24.3 Å². The second-order valence-corrected chi connectivity index (χ2v) is 6.40. The lowest BCUT2D eigenvalue weighted by Gasteiger charge is -2.24. The number of para-hydroxylation sites is 1. The minimum atomic E-state index is -5.08. The number of fused-ring (bicyclic) bond motifs is 1. The van der Waals surface area contributed by atoms with Crippen molar-refractivity contribution in [3.05, 3.63) is 53.6 Å². The van der Waals surface area contributed by atoms with Gasteiger partial charge in [0.25, 0.3) is 0 Å². The third-order valence-electron chi connectivity index (χ3n) is 4.08. The average Bonchev–Trinajstić information content (AvgIpc) is 2.89. The second kappa shape index (κ2) is 9.83. The number of benzene rings is 2. The number of amides is 1. The molecule has 0 aromatic heterocycles. The van der Waals surface area contributed by atoms with Crippen LogP contribution in [0, 0.1) is 0 Å². The number of alkyl halides is 3.